The minimum Gasteiger partial charge on any atom is -0.396 e. The Hall–Kier alpha value is -1.92. The van der Waals surface area contributed by atoms with Gasteiger partial charge in [0.2, 0.25) is 5.95 Å². The Labute approximate surface area is 167 Å². The Morgan fingerprint density at radius 1 is 0.893 bits per heavy atom. The van der Waals surface area contributed by atoms with Crippen molar-refractivity contribution in [3.63, 3.8) is 0 Å². The van der Waals surface area contributed by atoms with Crippen LogP contribution in [0.25, 0.3) is 10.9 Å². The van der Waals surface area contributed by atoms with Crippen LogP contribution in [0.4, 0.5) is 11.8 Å². The summed E-state index contributed by atoms with van der Waals surface area (Å²) in [6.07, 6.45) is 4.16. The van der Waals surface area contributed by atoms with Crippen LogP contribution in [0.5, 0.6) is 0 Å². The summed E-state index contributed by atoms with van der Waals surface area (Å²) in [7, 11) is 0. The van der Waals surface area contributed by atoms with Gasteiger partial charge in [0, 0.05) is 42.4 Å². The summed E-state index contributed by atoms with van der Waals surface area (Å²) < 4.78 is 0. The van der Waals surface area contributed by atoms with Gasteiger partial charge in [0.15, 0.2) is 0 Å². The number of aliphatic hydroxyl groups is 2. The molecular formula is C22H32N4O2. The zero-order valence-electron chi connectivity index (χ0n) is 17.1. The van der Waals surface area contributed by atoms with Gasteiger partial charge in [-0.25, -0.2) is 4.98 Å². The molecule has 152 valence electrons. The molecule has 2 aromatic rings. The van der Waals surface area contributed by atoms with E-state index in [2.05, 4.69) is 29.7 Å². The van der Waals surface area contributed by atoms with Gasteiger partial charge in [-0.05, 0) is 37.8 Å². The molecule has 0 spiro atoms. The van der Waals surface area contributed by atoms with Crippen molar-refractivity contribution in [2.24, 2.45) is 10.8 Å². The van der Waals surface area contributed by atoms with Crippen LogP contribution in [0, 0.1) is 10.8 Å². The van der Waals surface area contributed by atoms with Crippen LogP contribution in [0.1, 0.15) is 39.5 Å². The van der Waals surface area contributed by atoms with Gasteiger partial charge < -0.3 is 20.0 Å². The lowest BCUT2D eigenvalue weighted by molar-refractivity contribution is 0.122. The highest BCUT2D eigenvalue weighted by Gasteiger charge is 2.34. The van der Waals surface area contributed by atoms with Crippen LogP contribution >= 0.6 is 0 Å². The van der Waals surface area contributed by atoms with Gasteiger partial charge in [0.25, 0.3) is 0 Å². The number of fused-ring (bicyclic) bond motifs is 1. The van der Waals surface area contributed by atoms with Crippen molar-refractivity contribution in [2.75, 3.05) is 49.2 Å². The molecule has 28 heavy (non-hydrogen) atoms. The highest BCUT2D eigenvalue weighted by Crippen LogP contribution is 2.36. The Kier molecular flexibility index (Phi) is 5.19. The van der Waals surface area contributed by atoms with Crippen LogP contribution in [-0.4, -0.2) is 59.6 Å². The average molecular weight is 385 g/mol. The summed E-state index contributed by atoms with van der Waals surface area (Å²) in [5.41, 5.74) is 0.758. The SMILES string of the molecule is C[C@@]1(CO)CCCN(c2nc(N3CCC[C@@](C)(CO)C3)c3ccccc3n2)C1. The summed E-state index contributed by atoms with van der Waals surface area (Å²) in [6, 6.07) is 8.19. The van der Waals surface area contributed by atoms with Crippen LogP contribution in [0.2, 0.25) is 0 Å². The number of para-hydroxylation sites is 1. The lowest BCUT2D eigenvalue weighted by Gasteiger charge is -2.41. The molecule has 2 N–H and O–H groups in total. The Bertz CT molecular complexity index is 844. The monoisotopic (exact) mass is 384 g/mol. The van der Waals surface area contributed by atoms with Crippen molar-refractivity contribution in [2.45, 2.75) is 39.5 Å². The van der Waals surface area contributed by atoms with E-state index in [9.17, 15) is 10.2 Å². The first-order valence-corrected chi connectivity index (χ1v) is 10.4. The molecule has 0 radical (unpaired) electrons. The van der Waals surface area contributed by atoms with Crippen LogP contribution < -0.4 is 9.80 Å². The maximum absolute atomic E-state index is 9.88. The van der Waals surface area contributed by atoms with E-state index in [1.165, 1.54) is 0 Å². The largest absolute Gasteiger partial charge is 0.396 e. The minimum atomic E-state index is -0.103. The van der Waals surface area contributed by atoms with Crippen LogP contribution in [0.15, 0.2) is 24.3 Å². The molecule has 4 rings (SSSR count). The third kappa shape index (κ3) is 3.67. The van der Waals surface area contributed by atoms with Crippen LogP contribution in [0.3, 0.4) is 0 Å². The lowest BCUT2D eigenvalue weighted by Crippen LogP contribution is -2.45. The van der Waals surface area contributed by atoms with Crippen molar-refractivity contribution < 1.29 is 10.2 Å². The van der Waals surface area contributed by atoms with E-state index < -0.39 is 0 Å². The molecule has 0 amide bonds. The van der Waals surface area contributed by atoms with Crippen molar-refractivity contribution in [3.8, 4) is 0 Å². The van der Waals surface area contributed by atoms with E-state index in [1.54, 1.807) is 0 Å². The van der Waals surface area contributed by atoms with Gasteiger partial charge >= 0.3 is 0 Å². The fraction of sp³-hybridized carbons (Fsp3) is 0.636. The number of hydrogen-bond donors (Lipinski definition) is 2. The van der Waals surface area contributed by atoms with E-state index in [-0.39, 0.29) is 24.0 Å². The first-order chi connectivity index (χ1) is 13.5. The smallest absolute Gasteiger partial charge is 0.227 e. The minimum absolute atomic E-state index is 0.0922. The van der Waals surface area contributed by atoms with Crippen LogP contribution in [-0.2, 0) is 0 Å². The molecule has 3 heterocycles. The van der Waals surface area contributed by atoms with Gasteiger partial charge in [-0.1, -0.05) is 26.0 Å². The van der Waals surface area contributed by atoms with E-state index >= 15 is 0 Å². The van der Waals surface area contributed by atoms with Gasteiger partial charge in [-0.3, -0.25) is 0 Å². The van der Waals surface area contributed by atoms with Crippen molar-refractivity contribution in [1.29, 1.82) is 0 Å². The highest BCUT2D eigenvalue weighted by atomic mass is 16.3. The number of anilines is 2. The molecule has 2 fully saturated rings. The number of rotatable bonds is 4. The third-order valence-corrected chi connectivity index (χ3v) is 6.48. The van der Waals surface area contributed by atoms with Gasteiger partial charge in [0.05, 0.1) is 18.7 Å². The molecule has 2 aliphatic heterocycles. The number of hydrogen-bond acceptors (Lipinski definition) is 6. The number of benzene rings is 1. The van der Waals surface area contributed by atoms with Gasteiger partial charge in [0.1, 0.15) is 5.82 Å². The summed E-state index contributed by atoms with van der Waals surface area (Å²) >= 11 is 0. The zero-order chi connectivity index (χ0) is 19.8. The number of nitrogens with zero attached hydrogens (tertiary/aromatic N) is 4. The summed E-state index contributed by atoms with van der Waals surface area (Å²) in [4.78, 5) is 14.4. The molecule has 1 aromatic carbocycles. The molecule has 0 bridgehead atoms. The van der Waals surface area contributed by atoms with E-state index in [0.29, 0.717) is 0 Å². The second kappa shape index (κ2) is 7.48. The maximum atomic E-state index is 9.88. The molecule has 2 aliphatic rings. The number of piperidine rings is 2. The Morgan fingerprint density at radius 2 is 1.50 bits per heavy atom. The first-order valence-electron chi connectivity index (χ1n) is 10.4. The quantitative estimate of drug-likeness (QED) is 0.845. The van der Waals surface area contributed by atoms with Crippen molar-refractivity contribution in [1.82, 2.24) is 9.97 Å². The van der Waals surface area contributed by atoms with E-state index in [4.69, 9.17) is 9.97 Å². The topological polar surface area (TPSA) is 72.7 Å². The Balaban J connectivity index is 1.74. The molecule has 2 atom stereocenters. The first kappa shape index (κ1) is 19.4. The summed E-state index contributed by atoms with van der Waals surface area (Å²) in [6.45, 7) is 8.12. The molecule has 0 unspecified atom stereocenters. The third-order valence-electron chi connectivity index (χ3n) is 6.48. The standard InChI is InChI=1S/C22H32N4O2/c1-21(15-27)9-5-11-25(13-21)19-17-7-3-4-8-18(17)23-20(24-19)26-12-6-10-22(2,14-26)16-28/h3-4,7-8,27-28H,5-6,9-16H2,1-2H3/t21-,22-/m1/s1. The predicted octanol–water partition coefficient (Wildman–Crippen LogP) is 2.83. The highest BCUT2D eigenvalue weighted by molar-refractivity contribution is 5.90. The molecular weight excluding hydrogens is 352 g/mol. The fourth-order valence-corrected chi connectivity index (χ4v) is 4.67. The summed E-state index contributed by atoms with van der Waals surface area (Å²) in [5, 5.41) is 20.8. The second-order valence-electron chi connectivity index (χ2n) is 9.35. The molecule has 6 nitrogen and oxygen atoms in total. The maximum Gasteiger partial charge on any atom is 0.227 e. The summed E-state index contributed by atoms with van der Waals surface area (Å²) in [5.74, 6) is 1.72. The van der Waals surface area contributed by atoms with E-state index in [0.717, 1.165) is 74.5 Å². The van der Waals surface area contributed by atoms with Crippen molar-refractivity contribution >= 4 is 22.7 Å². The number of aromatic nitrogens is 2. The molecule has 1 aromatic heterocycles. The normalized spacial score (nSPS) is 28.7. The molecule has 2 saturated heterocycles. The molecule has 0 saturated carbocycles. The fourth-order valence-electron chi connectivity index (χ4n) is 4.67. The second-order valence-corrected chi connectivity index (χ2v) is 9.35. The van der Waals surface area contributed by atoms with Gasteiger partial charge in [-0.15, -0.1) is 0 Å². The molecule has 6 heteroatoms. The van der Waals surface area contributed by atoms with Crippen molar-refractivity contribution in [3.05, 3.63) is 24.3 Å². The average Bonchev–Trinajstić information content (AvgIpc) is 2.73. The van der Waals surface area contributed by atoms with E-state index in [1.807, 2.05) is 18.2 Å². The lowest BCUT2D eigenvalue weighted by atomic mass is 9.82. The molecule has 0 aliphatic carbocycles. The Morgan fingerprint density at radius 3 is 2.18 bits per heavy atom. The number of aliphatic hydroxyl groups excluding tert-OH is 2. The van der Waals surface area contributed by atoms with Gasteiger partial charge in [-0.2, -0.15) is 4.98 Å². The zero-order valence-corrected chi connectivity index (χ0v) is 17.1. The predicted molar refractivity (Wildman–Crippen MR) is 113 cm³/mol.